The third-order valence-electron chi connectivity index (χ3n) is 5.91. The summed E-state index contributed by atoms with van der Waals surface area (Å²) in [7, 11) is 0. The number of rotatable bonds is 7. The Bertz CT molecular complexity index is 1020. The van der Waals surface area contributed by atoms with Crippen LogP contribution in [0.25, 0.3) is 0 Å². The first kappa shape index (κ1) is 22.0. The van der Waals surface area contributed by atoms with E-state index < -0.39 is 18.7 Å². The summed E-state index contributed by atoms with van der Waals surface area (Å²) < 4.78 is 31.1. The van der Waals surface area contributed by atoms with Gasteiger partial charge in [0, 0.05) is 5.56 Å². The van der Waals surface area contributed by atoms with Gasteiger partial charge in [-0.3, -0.25) is 0 Å². The number of hydrogen-bond donors (Lipinski definition) is 0. The molecule has 2 heterocycles. The van der Waals surface area contributed by atoms with Gasteiger partial charge in [0.15, 0.2) is 12.6 Å². The van der Waals surface area contributed by atoms with Crippen LogP contribution in [0.2, 0.25) is 0 Å². The number of hydrogen-bond acceptors (Lipinski definition) is 5. The van der Waals surface area contributed by atoms with E-state index in [1.807, 2.05) is 91.0 Å². The molecule has 0 bridgehead atoms. The molecule has 0 N–H and O–H groups in total. The van der Waals surface area contributed by atoms with Crippen molar-refractivity contribution in [2.24, 2.45) is 0 Å². The largest absolute Gasteiger partial charge is 0.364 e. The first-order valence-corrected chi connectivity index (χ1v) is 11.2. The van der Waals surface area contributed by atoms with Gasteiger partial charge in [-0.05, 0) is 16.7 Å². The zero-order valence-corrected chi connectivity index (χ0v) is 18.4. The van der Waals surface area contributed by atoms with Gasteiger partial charge < -0.3 is 23.7 Å². The highest BCUT2D eigenvalue weighted by Crippen LogP contribution is 2.37. The summed E-state index contributed by atoms with van der Waals surface area (Å²) in [6, 6.07) is 30.0. The van der Waals surface area contributed by atoms with E-state index in [-0.39, 0.29) is 12.2 Å². The molecule has 5 atom stereocenters. The van der Waals surface area contributed by atoms with Crippen LogP contribution in [0.5, 0.6) is 0 Å². The van der Waals surface area contributed by atoms with Crippen LogP contribution < -0.4 is 0 Å². The minimum Gasteiger partial charge on any atom is -0.364 e. The van der Waals surface area contributed by atoms with Gasteiger partial charge in [0.2, 0.25) is 0 Å². The van der Waals surface area contributed by atoms with Gasteiger partial charge in [-0.15, -0.1) is 0 Å². The maximum absolute atomic E-state index is 6.31. The standard InChI is InChI=1S/C28H28O5/c1-20-25-24(19-31-27(33-25)23-15-9-4-10-16-23)32-28(30-18-22-13-7-3-8-14-22)26(20)29-17-21-11-5-2-6-12-21/h2-16,24-28H,1,17-19H2. The molecule has 0 aliphatic carbocycles. The van der Waals surface area contributed by atoms with Crippen molar-refractivity contribution in [2.75, 3.05) is 6.61 Å². The van der Waals surface area contributed by atoms with E-state index in [2.05, 4.69) is 6.58 Å². The van der Waals surface area contributed by atoms with Gasteiger partial charge in [-0.25, -0.2) is 0 Å². The molecule has 0 aromatic heterocycles. The minimum absolute atomic E-state index is 0.310. The Morgan fingerprint density at radius 3 is 1.94 bits per heavy atom. The monoisotopic (exact) mass is 444 g/mol. The second-order valence-corrected chi connectivity index (χ2v) is 8.26. The van der Waals surface area contributed by atoms with E-state index in [0.717, 1.165) is 22.3 Å². The van der Waals surface area contributed by atoms with Gasteiger partial charge in [-0.2, -0.15) is 0 Å². The fourth-order valence-corrected chi connectivity index (χ4v) is 4.16. The number of ether oxygens (including phenoxy) is 5. The van der Waals surface area contributed by atoms with Crippen LogP contribution in [0.4, 0.5) is 0 Å². The molecular weight excluding hydrogens is 416 g/mol. The fourth-order valence-electron chi connectivity index (χ4n) is 4.16. The molecule has 33 heavy (non-hydrogen) atoms. The molecule has 2 saturated heterocycles. The Labute approximate surface area is 194 Å². The van der Waals surface area contributed by atoms with E-state index in [0.29, 0.717) is 19.8 Å². The Morgan fingerprint density at radius 1 is 0.727 bits per heavy atom. The lowest BCUT2D eigenvalue weighted by Gasteiger charge is -2.46. The highest BCUT2D eigenvalue weighted by Gasteiger charge is 2.46. The molecule has 2 aliphatic heterocycles. The molecule has 0 amide bonds. The average Bonchev–Trinajstić information content (AvgIpc) is 2.88. The quantitative estimate of drug-likeness (QED) is 0.470. The second kappa shape index (κ2) is 10.4. The predicted molar refractivity (Wildman–Crippen MR) is 124 cm³/mol. The highest BCUT2D eigenvalue weighted by molar-refractivity contribution is 5.21. The van der Waals surface area contributed by atoms with Crippen LogP contribution in [-0.4, -0.2) is 31.2 Å². The topological polar surface area (TPSA) is 46.2 Å². The molecule has 0 saturated carbocycles. The summed E-state index contributed by atoms with van der Waals surface area (Å²) in [6.45, 7) is 5.59. The van der Waals surface area contributed by atoms with Crippen molar-refractivity contribution < 1.29 is 23.7 Å². The highest BCUT2D eigenvalue weighted by atomic mass is 16.8. The summed E-state index contributed by atoms with van der Waals surface area (Å²) in [5.41, 5.74) is 3.91. The first-order valence-electron chi connectivity index (χ1n) is 11.2. The molecule has 3 aromatic rings. The molecule has 0 radical (unpaired) electrons. The van der Waals surface area contributed by atoms with Crippen molar-refractivity contribution in [3.8, 4) is 0 Å². The van der Waals surface area contributed by atoms with E-state index in [4.69, 9.17) is 23.7 Å². The molecule has 5 unspecified atom stereocenters. The van der Waals surface area contributed by atoms with Crippen LogP contribution in [0, 0.1) is 0 Å². The molecule has 5 rings (SSSR count). The third-order valence-corrected chi connectivity index (χ3v) is 5.91. The molecule has 2 fully saturated rings. The summed E-state index contributed by atoms with van der Waals surface area (Å²) in [5.74, 6) is 0. The van der Waals surface area contributed by atoms with Crippen LogP contribution in [0.15, 0.2) is 103 Å². The molecule has 2 aliphatic rings. The van der Waals surface area contributed by atoms with Crippen molar-refractivity contribution in [2.45, 2.75) is 44.1 Å². The third kappa shape index (κ3) is 5.24. The number of benzene rings is 3. The van der Waals surface area contributed by atoms with Crippen molar-refractivity contribution in [3.63, 3.8) is 0 Å². The lowest BCUT2D eigenvalue weighted by atomic mass is 9.95. The fraction of sp³-hybridized carbons (Fsp3) is 0.286. The van der Waals surface area contributed by atoms with Crippen molar-refractivity contribution in [3.05, 3.63) is 120 Å². The Kier molecular flexibility index (Phi) is 6.95. The maximum Gasteiger partial charge on any atom is 0.188 e. The van der Waals surface area contributed by atoms with Crippen LogP contribution in [0.3, 0.4) is 0 Å². The van der Waals surface area contributed by atoms with Crippen LogP contribution in [-0.2, 0) is 36.9 Å². The molecule has 0 spiro atoms. The summed E-state index contributed by atoms with van der Waals surface area (Å²) in [6.07, 6.45) is -2.20. The lowest BCUT2D eigenvalue weighted by Crippen LogP contribution is -2.55. The van der Waals surface area contributed by atoms with E-state index >= 15 is 0 Å². The molecule has 5 heteroatoms. The van der Waals surface area contributed by atoms with E-state index in [1.54, 1.807) is 0 Å². The first-order chi connectivity index (χ1) is 16.3. The lowest BCUT2D eigenvalue weighted by molar-refractivity contribution is -0.324. The zero-order valence-electron chi connectivity index (χ0n) is 18.4. The van der Waals surface area contributed by atoms with Crippen molar-refractivity contribution >= 4 is 0 Å². The van der Waals surface area contributed by atoms with Crippen LogP contribution in [0.1, 0.15) is 23.0 Å². The molecule has 170 valence electrons. The Hall–Kier alpha value is -2.80. The molecule has 5 nitrogen and oxygen atoms in total. The van der Waals surface area contributed by atoms with Gasteiger partial charge in [0.25, 0.3) is 0 Å². The van der Waals surface area contributed by atoms with E-state index in [9.17, 15) is 0 Å². The van der Waals surface area contributed by atoms with Crippen LogP contribution >= 0.6 is 0 Å². The maximum atomic E-state index is 6.31. The summed E-state index contributed by atoms with van der Waals surface area (Å²) in [5, 5.41) is 0. The number of fused-ring (bicyclic) bond motifs is 1. The van der Waals surface area contributed by atoms with Gasteiger partial charge in [0.05, 0.1) is 19.8 Å². The molecular formula is C28H28O5. The van der Waals surface area contributed by atoms with Gasteiger partial charge in [0.1, 0.15) is 18.3 Å². The Morgan fingerprint density at radius 2 is 1.30 bits per heavy atom. The van der Waals surface area contributed by atoms with Gasteiger partial charge in [-0.1, -0.05) is 97.6 Å². The predicted octanol–water partition coefficient (Wildman–Crippen LogP) is 5.18. The smallest absolute Gasteiger partial charge is 0.188 e. The SMILES string of the molecule is C=C1C2OC(c3ccccc3)OCC2OC(OCc2ccccc2)C1OCc1ccccc1. The van der Waals surface area contributed by atoms with Gasteiger partial charge >= 0.3 is 0 Å². The second-order valence-electron chi connectivity index (χ2n) is 8.26. The summed E-state index contributed by atoms with van der Waals surface area (Å²) in [4.78, 5) is 0. The summed E-state index contributed by atoms with van der Waals surface area (Å²) >= 11 is 0. The van der Waals surface area contributed by atoms with Crippen molar-refractivity contribution in [1.82, 2.24) is 0 Å². The average molecular weight is 445 g/mol. The molecule has 3 aromatic carbocycles. The normalized spacial score (nSPS) is 27.2. The minimum atomic E-state index is -0.608. The Balaban J connectivity index is 1.32. The van der Waals surface area contributed by atoms with Crippen molar-refractivity contribution in [1.29, 1.82) is 0 Å². The van der Waals surface area contributed by atoms with E-state index in [1.165, 1.54) is 0 Å². The zero-order chi connectivity index (χ0) is 22.5.